The first kappa shape index (κ1) is 10.8. The maximum absolute atomic E-state index is 4.39. The van der Waals surface area contributed by atoms with E-state index >= 15 is 0 Å². The summed E-state index contributed by atoms with van der Waals surface area (Å²) in [5.74, 6) is 1.84. The van der Waals surface area contributed by atoms with Gasteiger partial charge in [0, 0.05) is 13.1 Å². The van der Waals surface area contributed by atoms with Crippen molar-refractivity contribution in [2.45, 2.75) is 32.7 Å². The van der Waals surface area contributed by atoms with Crippen LogP contribution < -0.4 is 10.6 Å². The molecule has 1 aromatic heterocycles. The molecule has 0 spiro atoms. The van der Waals surface area contributed by atoms with Crippen molar-refractivity contribution in [2.24, 2.45) is 0 Å². The molecule has 3 heteroatoms. The highest BCUT2D eigenvalue weighted by Crippen LogP contribution is 2.10. The lowest BCUT2D eigenvalue weighted by atomic mass is 10.2. The van der Waals surface area contributed by atoms with Gasteiger partial charge in [-0.3, -0.25) is 0 Å². The van der Waals surface area contributed by atoms with Crippen molar-refractivity contribution in [1.29, 1.82) is 0 Å². The molecule has 0 amide bonds. The third kappa shape index (κ3) is 3.24. The number of rotatable bonds is 5. The molecule has 0 saturated heterocycles. The Bertz CT molecular complexity index is 273. The fraction of sp³-hybridized carbons (Fsp3) is 0.545. The molecule has 0 radical (unpaired) electrons. The van der Waals surface area contributed by atoms with Crippen molar-refractivity contribution in [3.63, 3.8) is 0 Å². The minimum absolute atomic E-state index is 0.486. The summed E-state index contributed by atoms with van der Waals surface area (Å²) in [5, 5.41) is 6.39. The predicted molar refractivity (Wildman–Crippen MR) is 61.8 cm³/mol. The number of nitrogens with zero attached hydrogens (tertiary/aromatic N) is 1. The zero-order chi connectivity index (χ0) is 10.4. The second kappa shape index (κ2) is 5.47. The highest BCUT2D eigenvalue weighted by atomic mass is 15.1. The van der Waals surface area contributed by atoms with E-state index < -0.39 is 0 Å². The van der Waals surface area contributed by atoms with Crippen LogP contribution in [0.3, 0.4) is 0 Å². The molecule has 0 bridgehead atoms. The van der Waals surface area contributed by atoms with E-state index in [1.54, 1.807) is 0 Å². The Balaban J connectivity index is 2.57. The zero-order valence-corrected chi connectivity index (χ0v) is 9.17. The maximum atomic E-state index is 4.39. The van der Waals surface area contributed by atoms with Gasteiger partial charge >= 0.3 is 0 Å². The topological polar surface area (TPSA) is 37.0 Å². The molecule has 0 aliphatic carbocycles. The molecule has 1 rings (SSSR count). The summed E-state index contributed by atoms with van der Waals surface area (Å²) in [6, 6.07) is 6.43. The molecule has 0 saturated carbocycles. The van der Waals surface area contributed by atoms with E-state index in [9.17, 15) is 0 Å². The molecular formula is C11H19N3. The summed E-state index contributed by atoms with van der Waals surface area (Å²) in [7, 11) is 1.88. The van der Waals surface area contributed by atoms with E-state index in [0.29, 0.717) is 6.04 Å². The lowest BCUT2D eigenvalue weighted by molar-refractivity contribution is 0.688. The van der Waals surface area contributed by atoms with Gasteiger partial charge in [0.05, 0.1) is 0 Å². The van der Waals surface area contributed by atoms with Gasteiger partial charge in [-0.25, -0.2) is 4.98 Å². The first-order valence-corrected chi connectivity index (χ1v) is 5.17. The van der Waals surface area contributed by atoms with Crippen LogP contribution in [-0.4, -0.2) is 18.1 Å². The van der Waals surface area contributed by atoms with Crippen LogP contribution in [0.1, 0.15) is 26.7 Å². The molecular weight excluding hydrogens is 174 g/mol. The quantitative estimate of drug-likeness (QED) is 0.755. The molecule has 78 valence electrons. The second-order valence-corrected chi connectivity index (χ2v) is 3.49. The summed E-state index contributed by atoms with van der Waals surface area (Å²) in [4.78, 5) is 4.39. The van der Waals surface area contributed by atoms with Crippen LogP contribution >= 0.6 is 0 Å². The van der Waals surface area contributed by atoms with Gasteiger partial charge in [0.15, 0.2) is 0 Å². The zero-order valence-electron chi connectivity index (χ0n) is 9.17. The van der Waals surface area contributed by atoms with Gasteiger partial charge < -0.3 is 10.6 Å². The third-order valence-corrected chi connectivity index (χ3v) is 2.12. The van der Waals surface area contributed by atoms with Crippen molar-refractivity contribution >= 4 is 11.6 Å². The SMILES string of the molecule is CCCC(C)Nc1cccc(NC)n1. The Labute approximate surface area is 85.9 Å². The average Bonchev–Trinajstić information content (AvgIpc) is 2.18. The number of pyridine rings is 1. The Morgan fingerprint density at radius 1 is 1.36 bits per heavy atom. The monoisotopic (exact) mass is 193 g/mol. The average molecular weight is 193 g/mol. The molecule has 14 heavy (non-hydrogen) atoms. The number of aromatic nitrogens is 1. The van der Waals surface area contributed by atoms with Crippen molar-refractivity contribution in [3.8, 4) is 0 Å². The lowest BCUT2D eigenvalue weighted by Crippen LogP contribution is -2.15. The van der Waals surface area contributed by atoms with Gasteiger partial charge in [0.1, 0.15) is 11.6 Å². The fourth-order valence-electron chi connectivity index (χ4n) is 1.41. The Hall–Kier alpha value is -1.25. The highest BCUT2D eigenvalue weighted by Gasteiger charge is 2.01. The molecule has 1 heterocycles. The van der Waals surface area contributed by atoms with E-state index in [-0.39, 0.29) is 0 Å². The summed E-state index contributed by atoms with van der Waals surface area (Å²) in [6.45, 7) is 4.37. The standard InChI is InChI=1S/C11H19N3/c1-4-6-9(2)13-11-8-5-7-10(12-3)14-11/h5,7-9H,4,6H2,1-3H3,(H2,12,13,14). The van der Waals surface area contributed by atoms with Crippen molar-refractivity contribution in [1.82, 2.24) is 4.98 Å². The Morgan fingerprint density at radius 3 is 2.71 bits per heavy atom. The minimum Gasteiger partial charge on any atom is -0.373 e. The minimum atomic E-state index is 0.486. The van der Waals surface area contributed by atoms with Gasteiger partial charge in [0.2, 0.25) is 0 Å². The molecule has 1 atom stereocenters. The van der Waals surface area contributed by atoms with Crippen LogP contribution in [0.4, 0.5) is 11.6 Å². The van der Waals surface area contributed by atoms with Crippen LogP contribution in [0.15, 0.2) is 18.2 Å². The summed E-state index contributed by atoms with van der Waals surface area (Å²) < 4.78 is 0. The largest absolute Gasteiger partial charge is 0.373 e. The molecule has 3 nitrogen and oxygen atoms in total. The van der Waals surface area contributed by atoms with Crippen molar-refractivity contribution in [3.05, 3.63) is 18.2 Å². The Morgan fingerprint density at radius 2 is 2.07 bits per heavy atom. The van der Waals surface area contributed by atoms with Crippen LogP contribution in [0.2, 0.25) is 0 Å². The van der Waals surface area contributed by atoms with E-state index in [1.807, 2.05) is 25.2 Å². The Kier molecular flexibility index (Phi) is 4.23. The van der Waals surface area contributed by atoms with Gasteiger partial charge in [-0.05, 0) is 25.5 Å². The number of hydrogen-bond acceptors (Lipinski definition) is 3. The van der Waals surface area contributed by atoms with E-state index in [4.69, 9.17) is 0 Å². The third-order valence-electron chi connectivity index (χ3n) is 2.12. The first-order valence-electron chi connectivity index (χ1n) is 5.17. The highest BCUT2D eigenvalue weighted by molar-refractivity contribution is 5.45. The van der Waals surface area contributed by atoms with Crippen molar-refractivity contribution < 1.29 is 0 Å². The molecule has 0 aliphatic heterocycles. The van der Waals surface area contributed by atoms with Crippen molar-refractivity contribution in [2.75, 3.05) is 17.7 Å². The number of nitrogens with one attached hydrogen (secondary N) is 2. The molecule has 1 aromatic rings. The predicted octanol–water partition coefficient (Wildman–Crippen LogP) is 2.72. The summed E-state index contributed by atoms with van der Waals surface area (Å²) >= 11 is 0. The van der Waals surface area contributed by atoms with Crippen LogP contribution in [0, 0.1) is 0 Å². The van der Waals surface area contributed by atoms with E-state index in [0.717, 1.165) is 11.6 Å². The molecule has 2 N–H and O–H groups in total. The molecule has 0 aliphatic rings. The molecule has 0 aromatic carbocycles. The fourth-order valence-corrected chi connectivity index (χ4v) is 1.41. The lowest BCUT2D eigenvalue weighted by Gasteiger charge is -2.13. The molecule has 0 fully saturated rings. The summed E-state index contributed by atoms with van der Waals surface area (Å²) in [6.07, 6.45) is 2.37. The molecule has 1 unspecified atom stereocenters. The van der Waals surface area contributed by atoms with Gasteiger partial charge in [-0.2, -0.15) is 0 Å². The smallest absolute Gasteiger partial charge is 0.128 e. The number of hydrogen-bond donors (Lipinski definition) is 2. The van der Waals surface area contributed by atoms with E-state index in [2.05, 4.69) is 29.5 Å². The van der Waals surface area contributed by atoms with Crippen LogP contribution in [0.25, 0.3) is 0 Å². The van der Waals surface area contributed by atoms with Crippen LogP contribution in [-0.2, 0) is 0 Å². The van der Waals surface area contributed by atoms with Gasteiger partial charge in [0.25, 0.3) is 0 Å². The maximum Gasteiger partial charge on any atom is 0.128 e. The second-order valence-electron chi connectivity index (χ2n) is 3.49. The normalized spacial score (nSPS) is 12.2. The van der Waals surface area contributed by atoms with E-state index in [1.165, 1.54) is 12.8 Å². The number of anilines is 2. The summed E-state index contributed by atoms with van der Waals surface area (Å²) in [5.41, 5.74) is 0. The van der Waals surface area contributed by atoms with Gasteiger partial charge in [-0.15, -0.1) is 0 Å². The first-order chi connectivity index (χ1) is 6.76. The van der Waals surface area contributed by atoms with Crippen LogP contribution in [0.5, 0.6) is 0 Å². The van der Waals surface area contributed by atoms with Gasteiger partial charge in [-0.1, -0.05) is 19.4 Å².